The Morgan fingerprint density at radius 1 is 1.07 bits per heavy atom. The average Bonchev–Trinajstić information content (AvgIpc) is 3.16. The molecule has 144 valence electrons. The van der Waals surface area contributed by atoms with Crippen LogP contribution < -0.4 is 15.5 Å². The van der Waals surface area contributed by atoms with Crippen LogP contribution in [0.4, 0.5) is 11.4 Å². The maximum absolute atomic E-state index is 13.0. The van der Waals surface area contributed by atoms with E-state index in [1.165, 1.54) is 10.5 Å². The van der Waals surface area contributed by atoms with E-state index in [1.54, 1.807) is 23.1 Å². The molecule has 2 heterocycles. The number of piperazine rings is 1. The van der Waals surface area contributed by atoms with Gasteiger partial charge in [-0.3, -0.25) is 14.4 Å². The molecule has 0 aromatic heterocycles. The van der Waals surface area contributed by atoms with E-state index < -0.39 is 0 Å². The van der Waals surface area contributed by atoms with Gasteiger partial charge in [-0.05, 0) is 36.2 Å². The highest BCUT2D eigenvalue weighted by molar-refractivity contribution is 6.07. The topological polar surface area (TPSA) is 81.8 Å². The van der Waals surface area contributed by atoms with Crippen molar-refractivity contribution in [3.63, 3.8) is 0 Å². The molecule has 4 rings (SSSR count). The van der Waals surface area contributed by atoms with Gasteiger partial charge >= 0.3 is 0 Å². The molecule has 0 unspecified atom stereocenters. The van der Waals surface area contributed by atoms with E-state index in [4.69, 9.17) is 0 Å². The van der Waals surface area contributed by atoms with Crippen LogP contribution in [0.1, 0.15) is 15.9 Å². The summed E-state index contributed by atoms with van der Waals surface area (Å²) in [5, 5.41) is 5.77. The zero-order valence-corrected chi connectivity index (χ0v) is 15.5. The minimum atomic E-state index is -0.141. The maximum atomic E-state index is 13.0. The van der Waals surface area contributed by atoms with Gasteiger partial charge in [0.2, 0.25) is 11.8 Å². The molecule has 1 saturated heterocycles. The van der Waals surface area contributed by atoms with Crippen molar-refractivity contribution in [1.82, 2.24) is 10.2 Å². The lowest BCUT2D eigenvalue weighted by molar-refractivity contribution is -0.136. The third kappa shape index (κ3) is 3.69. The van der Waals surface area contributed by atoms with E-state index >= 15 is 0 Å². The van der Waals surface area contributed by atoms with Crippen LogP contribution in [0.5, 0.6) is 0 Å². The number of para-hydroxylation sites is 1. The smallest absolute Gasteiger partial charge is 0.258 e. The Balaban J connectivity index is 1.41. The summed E-state index contributed by atoms with van der Waals surface area (Å²) in [5.41, 5.74) is 3.42. The van der Waals surface area contributed by atoms with Gasteiger partial charge in [-0.1, -0.05) is 24.3 Å². The number of nitrogens with zero attached hydrogens (tertiary/aromatic N) is 2. The third-order valence-electron chi connectivity index (χ3n) is 5.08. The number of carbonyl (C=O) groups is 3. The standard InChI is InChI=1S/C21H22N4O3/c26-19-14-24(11-9-22-19)20(27)13-23-17-6-3-5-16(12-17)21(28)25-10-8-15-4-1-2-7-18(15)25/h1-7,12,23H,8-11,13-14H2,(H,22,26). The highest BCUT2D eigenvalue weighted by Gasteiger charge is 2.25. The molecule has 0 atom stereocenters. The van der Waals surface area contributed by atoms with Crippen LogP contribution in [0.15, 0.2) is 48.5 Å². The van der Waals surface area contributed by atoms with Crippen molar-refractivity contribution in [2.45, 2.75) is 6.42 Å². The summed E-state index contributed by atoms with van der Waals surface area (Å²) in [6, 6.07) is 15.1. The first kappa shape index (κ1) is 18.0. The highest BCUT2D eigenvalue weighted by Crippen LogP contribution is 2.29. The number of hydrogen-bond acceptors (Lipinski definition) is 4. The van der Waals surface area contributed by atoms with Crippen LogP contribution in [0.25, 0.3) is 0 Å². The predicted molar refractivity (Wildman–Crippen MR) is 106 cm³/mol. The van der Waals surface area contributed by atoms with Crippen LogP contribution >= 0.6 is 0 Å². The number of hydrogen-bond donors (Lipinski definition) is 2. The lowest BCUT2D eigenvalue weighted by Crippen LogP contribution is -2.51. The molecular weight excluding hydrogens is 356 g/mol. The Morgan fingerprint density at radius 3 is 2.79 bits per heavy atom. The van der Waals surface area contributed by atoms with Crippen molar-refractivity contribution in [3.05, 3.63) is 59.7 Å². The zero-order valence-electron chi connectivity index (χ0n) is 15.5. The molecule has 2 N–H and O–H groups in total. The summed E-state index contributed by atoms with van der Waals surface area (Å²) in [6.45, 7) is 1.83. The minimum absolute atomic E-state index is 0.0485. The Kier molecular flexibility index (Phi) is 4.97. The van der Waals surface area contributed by atoms with Gasteiger partial charge in [0.1, 0.15) is 0 Å². The van der Waals surface area contributed by atoms with Gasteiger partial charge in [-0.25, -0.2) is 0 Å². The lowest BCUT2D eigenvalue weighted by atomic mass is 10.1. The summed E-state index contributed by atoms with van der Waals surface area (Å²) < 4.78 is 0. The molecule has 2 aliphatic heterocycles. The number of benzene rings is 2. The monoisotopic (exact) mass is 378 g/mol. The molecule has 1 fully saturated rings. The van der Waals surface area contributed by atoms with Crippen LogP contribution in [0.2, 0.25) is 0 Å². The van der Waals surface area contributed by atoms with E-state index in [-0.39, 0.29) is 30.8 Å². The van der Waals surface area contributed by atoms with Crippen LogP contribution in [-0.4, -0.2) is 55.3 Å². The van der Waals surface area contributed by atoms with E-state index in [1.807, 2.05) is 30.3 Å². The van der Waals surface area contributed by atoms with E-state index in [2.05, 4.69) is 10.6 Å². The van der Waals surface area contributed by atoms with Crippen LogP contribution in [0, 0.1) is 0 Å². The van der Waals surface area contributed by atoms with Crippen molar-refractivity contribution >= 4 is 29.1 Å². The molecule has 7 heteroatoms. The highest BCUT2D eigenvalue weighted by atomic mass is 16.2. The first-order valence-corrected chi connectivity index (χ1v) is 9.40. The number of carbonyl (C=O) groups excluding carboxylic acids is 3. The fourth-order valence-corrected chi connectivity index (χ4v) is 3.61. The van der Waals surface area contributed by atoms with Gasteiger partial charge in [0.15, 0.2) is 0 Å². The number of nitrogens with one attached hydrogen (secondary N) is 2. The second-order valence-electron chi connectivity index (χ2n) is 6.94. The quantitative estimate of drug-likeness (QED) is 0.839. The SMILES string of the molecule is O=C1CN(C(=O)CNc2cccc(C(=O)N3CCc4ccccc43)c2)CCN1. The molecule has 2 aromatic carbocycles. The largest absolute Gasteiger partial charge is 0.376 e. The predicted octanol–water partition coefficient (Wildman–Crippen LogP) is 1.26. The van der Waals surface area contributed by atoms with Crippen molar-refractivity contribution in [3.8, 4) is 0 Å². The average molecular weight is 378 g/mol. The first-order chi connectivity index (χ1) is 13.6. The van der Waals surface area contributed by atoms with Crippen molar-refractivity contribution < 1.29 is 14.4 Å². The van der Waals surface area contributed by atoms with Gasteiger partial charge in [0, 0.05) is 36.6 Å². The van der Waals surface area contributed by atoms with Gasteiger partial charge in [0.05, 0.1) is 13.1 Å². The minimum Gasteiger partial charge on any atom is -0.376 e. The van der Waals surface area contributed by atoms with Crippen molar-refractivity contribution in [2.75, 3.05) is 42.9 Å². The molecule has 0 bridgehead atoms. The fraction of sp³-hybridized carbons (Fsp3) is 0.286. The number of amides is 3. The first-order valence-electron chi connectivity index (χ1n) is 9.40. The lowest BCUT2D eigenvalue weighted by Gasteiger charge is -2.26. The van der Waals surface area contributed by atoms with E-state index in [0.717, 1.165) is 12.1 Å². The molecule has 0 aliphatic carbocycles. The van der Waals surface area contributed by atoms with E-state index in [9.17, 15) is 14.4 Å². The second-order valence-corrected chi connectivity index (χ2v) is 6.94. The molecule has 3 amide bonds. The molecule has 0 saturated carbocycles. The normalized spacial score (nSPS) is 15.8. The van der Waals surface area contributed by atoms with Gasteiger partial charge in [0.25, 0.3) is 5.91 Å². The molecule has 7 nitrogen and oxygen atoms in total. The Morgan fingerprint density at radius 2 is 1.93 bits per heavy atom. The fourth-order valence-electron chi connectivity index (χ4n) is 3.61. The van der Waals surface area contributed by atoms with Crippen LogP contribution in [-0.2, 0) is 16.0 Å². The Labute approximate surface area is 163 Å². The summed E-state index contributed by atoms with van der Waals surface area (Å²) in [4.78, 5) is 40.0. The molecule has 2 aliphatic rings. The molecule has 2 aromatic rings. The second kappa shape index (κ2) is 7.72. The molecule has 28 heavy (non-hydrogen) atoms. The zero-order chi connectivity index (χ0) is 19.5. The number of fused-ring (bicyclic) bond motifs is 1. The van der Waals surface area contributed by atoms with E-state index in [0.29, 0.717) is 30.9 Å². The Bertz CT molecular complexity index is 927. The van der Waals surface area contributed by atoms with Gasteiger partial charge < -0.3 is 20.4 Å². The summed E-state index contributed by atoms with van der Waals surface area (Å²) in [7, 11) is 0. The third-order valence-corrected chi connectivity index (χ3v) is 5.08. The summed E-state index contributed by atoms with van der Waals surface area (Å²) in [6.07, 6.45) is 0.859. The maximum Gasteiger partial charge on any atom is 0.258 e. The van der Waals surface area contributed by atoms with Crippen molar-refractivity contribution in [1.29, 1.82) is 0 Å². The Hall–Kier alpha value is -3.35. The number of rotatable bonds is 4. The number of anilines is 2. The van der Waals surface area contributed by atoms with Gasteiger partial charge in [-0.15, -0.1) is 0 Å². The van der Waals surface area contributed by atoms with Crippen molar-refractivity contribution in [2.24, 2.45) is 0 Å². The summed E-state index contributed by atoms with van der Waals surface area (Å²) in [5.74, 6) is -0.328. The van der Waals surface area contributed by atoms with Crippen LogP contribution in [0.3, 0.4) is 0 Å². The molecule has 0 spiro atoms. The van der Waals surface area contributed by atoms with Gasteiger partial charge in [-0.2, -0.15) is 0 Å². The summed E-state index contributed by atoms with van der Waals surface area (Å²) >= 11 is 0. The molecule has 0 radical (unpaired) electrons. The molecular formula is C21H22N4O3.